The summed E-state index contributed by atoms with van der Waals surface area (Å²) < 4.78 is 146. The Morgan fingerprint density at radius 2 is 1.39 bits per heavy atom. The Hall–Kier alpha value is -4.11. The van der Waals surface area contributed by atoms with Crippen molar-refractivity contribution in [3.63, 3.8) is 0 Å². The largest absolute Gasteiger partial charge is 0.748 e. The van der Waals surface area contributed by atoms with Gasteiger partial charge in [0.25, 0.3) is 0 Å². The molecule has 1 aliphatic carbocycles. The molecule has 2 aliphatic heterocycles. The monoisotopic (exact) mass is 986 g/mol. The van der Waals surface area contributed by atoms with E-state index < -0.39 is 58.1 Å². The molecule has 1 unspecified atom stereocenters. The number of carbonyl (C=O) groups is 1. The summed E-state index contributed by atoms with van der Waals surface area (Å²) in [5, 5.41) is 9.41. The lowest BCUT2D eigenvalue weighted by Gasteiger charge is -2.30. The van der Waals surface area contributed by atoms with Gasteiger partial charge < -0.3 is 56.5 Å². The van der Waals surface area contributed by atoms with Crippen LogP contribution in [0.4, 0.5) is 5.69 Å². The minimum atomic E-state index is -4.88. The molecule has 23 heteroatoms. The van der Waals surface area contributed by atoms with Gasteiger partial charge >= 0.3 is 5.97 Å². The fourth-order valence-electron chi connectivity index (χ4n) is 7.29. The molecule has 1 aromatic carbocycles. The van der Waals surface area contributed by atoms with Crippen LogP contribution in [0.15, 0.2) is 75.9 Å². The van der Waals surface area contributed by atoms with Crippen LogP contribution in [0.2, 0.25) is 0 Å². The maximum Gasteiger partial charge on any atom is 0.305 e. The van der Waals surface area contributed by atoms with Crippen molar-refractivity contribution in [1.82, 2.24) is 4.58 Å². The van der Waals surface area contributed by atoms with Gasteiger partial charge in [-0.25, -0.2) is 29.8 Å². The number of hydrogen-bond acceptors (Lipinski definition) is 18. The number of benzene rings is 2. The van der Waals surface area contributed by atoms with Gasteiger partial charge in [-0.2, -0.15) is 0 Å². The standard InChI is InChI=1S/C43H60N2O18S3/c1-43(14-4-30-64(48,49)50)38-33-36(66(54,55)56)9-11-39(38)45(17-21-60-26-29-62-27-24-58-18-13-42(46)47)41(43)7-3-6-34-12-19-63-40-32-35(8-10-37(34)40)44(15-5-31-65(51,52)53)16-20-59-25-28-61-23-22-57-2/h3,6-12,19,32-33H,4-5,13-18,20-31H2,1-2H3,(H3-,46,47,48,49,50,51,52,53,54,55,56)/p-2. The quantitative estimate of drug-likeness (QED) is 0.0533. The average Bonchev–Trinajstić information content (AvgIpc) is 3.47. The zero-order valence-corrected chi connectivity index (χ0v) is 39.4. The van der Waals surface area contributed by atoms with Crippen LogP contribution in [-0.2, 0) is 69.0 Å². The van der Waals surface area contributed by atoms with Crippen molar-refractivity contribution in [2.75, 3.05) is 116 Å². The Bertz CT molecular complexity index is 2470. The number of rotatable bonds is 32. The fraction of sp³-hybridized carbons (Fsp3) is 0.535. The number of ether oxygens (including phenoxy) is 6. The van der Waals surface area contributed by atoms with E-state index in [9.17, 15) is 43.7 Å². The van der Waals surface area contributed by atoms with Crippen LogP contribution in [0.25, 0.3) is 17.4 Å². The molecule has 1 N–H and O–H groups in total. The highest BCUT2D eigenvalue weighted by atomic mass is 32.2. The highest BCUT2D eigenvalue weighted by molar-refractivity contribution is 7.86. The van der Waals surface area contributed by atoms with Gasteiger partial charge in [-0.3, -0.25) is 4.79 Å². The number of nitrogens with zero attached hydrogens (tertiary/aromatic N) is 2. The van der Waals surface area contributed by atoms with E-state index in [-0.39, 0.29) is 78.4 Å². The number of fused-ring (bicyclic) bond motifs is 2. The second kappa shape index (κ2) is 26.4. The van der Waals surface area contributed by atoms with Crippen LogP contribution in [0.1, 0.15) is 43.7 Å². The molecule has 0 aromatic heterocycles. The van der Waals surface area contributed by atoms with E-state index in [4.69, 9.17) is 37.9 Å². The second-order valence-electron chi connectivity index (χ2n) is 15.3. The van der Waals surface area contributed by atoms with Gasteiger partial charge in [-0.1, -0.05) is 12.2 Å². The molecule has 0 bridgehead atoms. The lowest BCUT2D eigenvalue weighted by atomic mass is 9.77. The smallest absolute Gasteiger partial charge is 0.305 e. The highest BCUT2D eigenvalue weighted by Crippen LogP contribution is 2.51. The number of anilines is 1. The first kappa shape index (κ1) is 54.5. The lowest BCUT2D eigenvalue weighted by molar-refractivity contribution is -0.138. The van der Waals surface area contributed by atoms with Gasteiger partial charge in [0.15, 0.2) is 6.54 Å². The first-order valence-electron chi connectivity index (χ1n) is 21.2. The topological polar surface area (TPSA) is 284 Å². The van der Waals surface area contributed by atoms with E-state index in [0.717, 1.165) is 5.56 Å². The number of aliphatic carboxylic acids is 1. The molecule has 0 spiro atoms. The van der Waals surface area contributed by atoms with Gasteiger partial charge in [0.05, 0.1) is 110 Å². The van der Waals surface area contributed by atoms with E-state index in [2.05, 4.69) is 0 Å². The molecular weight excluding hydrogens is 929 g/mol. The summed E-state index contributed by atoms with van der Waals surface area (Å²) in [4.78, 5) is 12.1. The van der Waals surface area contributed by atoms with E-state index in [1.807, 2.05) is 27.7 Å². The third-order valence-corrected chi connectivity index (χ3v) is 12.9. The predicted octanol–water partition coefficient (Wildman–Crippen LogP) is 2.20. The summed E-state index contributed by atoms with van der Waals surface area (Å²) in [6.45, 7) is 5.63. The molecule has 1 aromatic rings. The van der Waals surface area contributed by atoms with Crippen LogP contribution in [0.5, 0.6) is 0 Å². The molecule has 0 radical (unpaired) electrons. The van der Waals surface area contributed by atoms with Crippen molar-refractivity contribution in [2.24, 2.45) is 0 Å². The van der Waals surface area contributed by atoms with Crippen LogP contribution >= 0.6 is 0 Å². The van der Waals surface area contributed by atoms with Crippen molar-refractivity contribution in [3.05, 3.63) is 83.1 Å². The summed E-state index contributed by atoms with van der Waals surface area (Å²) >= 11 is 0. The number of hydrogen-bond donors (Lipinski definition) is 1. The molecule has 368 valence electrons. The number of carboxylic acids is 1. The van der Waals surface area contributed by atoms with E-state index >= 15 is 0 Å². The summed E-state index contributed by atoms with van der Waals surface area (Å²) in [6.07, 6.45) is 6.90. The third-order valence-electron chi connectivity index (χ3n) is 10.5. The van der Waals surface area contributed by atoms with Crippen LogP contribution in [-0.4, -0.2) is 161 Å². The van der Waals surface area contributed by atoms with E-state index in [0.29, 0.717) is 73.2 Å². The maximum absolute atomic E-state index is 12.2. The first-order chi connectivity index (χ1) is 31.3. The van der Waals surface area contributed by atoms with Crippen LogP contribution in [0, 0.1) is 0 Å². The fourth-order valence-corrected chi connectivity index (χ4v) is 8.77. The molecule has 0 saturated carbocycles. The molecule has 20 nitrogen and oxygen atoms in total. The molecule has 4 rings (SSSR count). The first-order valence-corrected chi connectivity index (χ1v) is 25.7. The summed E-state index contributed by atoms with van der Waals surface area (Å²) in [7, 11) is -12.3. The summed E-state index contributed by atoms with van der Waals surface area (Å²) in [6, 6.07) is 11.2. The second-order valence-corrected chi connectivity index (χ2v) is 19.7. The van der Waals surface area contributed by atoms with Crippen LogP contribution < -0.4 is 14.8 Å². The maximum atomic E-state index is 12.2. The van der Waals surface area contributed by atoms with Crippen molar-refractivity contribution in [2.45, 2.75) is 42.9 Å². The highest BCUT2D eigenvalue weighted by Gasteiger charge is 2.43. The Labute approximate surface area is 386 Å². The van der Waals surface area contributed by atoms with Gasteiger partial charge in [-0.05, 0) is 67.3 Å². The zero-order valence-electron chi connectivity index (χ0n) is 37.0. The number of carboxylic acid groups (broad SMARTS) is 1. The van der Waals surface area contributed by atoms with Crippen molar-refractivity contribution >= 4 is 48.1 Å². The van der Waals surface area contributed by atoms with Crippen molar-refractivity contribution in [1.29, 1.82) is 0 Å². The molecule has 3 aliphatic rings. The predicted molar refractivity (Wildman–Crippen MR) is 238 cm³/mol. The molecule has 0 amide bonds. The number of allylic oxidation sites excluding steroid dienone is 3. The molecule has 66 heavy (non-hydrogen) atoms. The van der Waals surface area contributed by atoms with Gasteiger partial charge in [0, 0.05) is 60.0 Å². The summed E-state index contributed by atoms with van der Waals surface area (Å²) in [5.41, 5.74) is 1.99. The third kappa shape index (κ3) is 18.2. The van der Waals surface area contributed by atoms with Gasteiger partial charge in [0.2, 0.25) is 5.36 Å². The minimum absolute atomic E-state index is 0.0643. The normalized spacial score (nSPS) is 16.7. The van der Waals surface area contributed by atoms with Crippen LogP contribution in [0.3, 0.4) is 0 Å². The number of methoxy groups -OCH3 is 1. The Balaban J connectivity index is 1.63. The minimum Gasteiger partial charge on any atom is -0.748 e. The molecular formula is C43H58N2O18S3-2. The lowest BCUT2D eigenvalue weighted by Crippen LogP contribution is -2.35. The average molecular weight is 987 g/mol. The Morgan fingerprint density at radius 3 is 2.03 bits per heavy atom. The van der Waals surface area contributed by atoms with E-state index in [1.165, 1.54) is 24.5 Å². The molecule has 2 heterocycles. The Morgan fingerprint density at radius 1 is 0.773 bits per heavy atom. The zero-order chi connectivity index (χ0) is 48.2. The molecule has 0 fully saturated rings. The summed E-state index contributed by atoms with van der Waals surface area (Å²) in [5.74, 6) is -1.66. The van der Waals surface area contributed by atoms with Crippen molar-refractivity contribution < 1.29 is 81.7 Å². The van der Waals surface area contributed by atoms with Gasteiger partial charge in [-0.15, -0.1) is 0 Å². The molecule has 0 saturated heterocycles. The van der Waals surface area contributed by atoms with E-state index in [1.54, 1.807) is 38.3 Å². The Kier molecular flexibility index (Phi) is 21.8. The molecule has 1 atom stereocenters. The SMILES string of the molecule is COCCOCCOCC[N+](CCCS(=O)(=O)[O-])=c1ccc2c(/C=C/C=C3/N(CCOCCOCCOCCC(=O)O)c4ccc(S(=O)(=O)[O-])cc4C3(C)CCCS(=O)(=O)[O-])ccoc-2c1. The van der Waals surface area contributed by atoms with Crippen molar-refractivity contribution in [3.8, 4) is 11.3 Å². The van der Waals surface area contributed by atoms with Gasteiger partial charge in [0.1, 0.15) is 29.0 Å².